The summed E-state index contributed by atoms with van der Waals surface area (Å²) in [5.74, 6) is 0.0347. The number of benzene rings is 5. The maximum Gasteiger partial charge on any atom is 0.153 e. The number of aromatic hydroxyl groups is 1. The van der Waals surface area contributed by atoms with Gasteiger partial charge >= 0.3 is 0 Å². The summed E-state index contributed by atoms with van der Waals surface area (Å²) in [5.41, 5.74) is 1.10. The molecule has 0 radical (unpaired) electrons. The van der Waals surface area contributed by atoms with Crippen molar-refractivity contribution < 1.29 is 14.7 Å². The zero-order valence-corrected chi connectivity index (χ0v) is 14.4. The number of carbonyl (C=O) groups is 2. The fraction of sp³-hybridized carbons (Fsp3) is 0. The van der Waals surface area contributed by atoms with E-state index in [0.717, 1.165) is 17.2 Å². The minimum Gasteiger partial charge on any atom is -0.507 e. The molecule has 0 heterocycles. The summed E-state index contributed by atoms with van der Waals surface area (Å²) in [5, 5.41) is 16.0. The van der Waals surface area contributed by atoms with E-state index in [2.05, 4.69) is 36.4 Å². The molecule has 27 heavy (non-hydrogen) atoms. The molecule has 5 aromatic carbocycles. The zero-order valence-electron chi connectivity index (χ0n) is 14.4. The molecule has 0 fully saturated rings. The molecule has 5 rings (SSSR count). The van der Waals surface area contributed by atoms with Crippen LogP contribution in [0.3, 0.4) is 0 Å². The molecular weight excluding hydrogens is 336 g/mol. The molecule has 0 spiro atoms. The maximum atomic E-state index is 11.2. The van der Waals surface area contributed by atoms with Crippen LogP contribution >= 0.6 is 0 Å². The molecule has 0 saturated heterocycles. The quantitative estimate of drug-likeness (QED) is 0.332. The average molecular weight is 352 g/mol. The Kier molecular flexibility index (Phi) is 4.27. The zero-order chi connectivity index (χ0) is 18.8. The Morgan fingerprint density at radius 2 is 1.15 bits per heavy atom. The van der Waals surface area contributed by atoms with Crippen LogP contribution in [0.5, 0.6) is 5.75 Å². The first-order chi connectivity index (χ1) is 13.2. The van der Waals surface area contributed by atoms with Crippen molar-refractivity contribution in [3.63, 3.8) is 0 Å². The van der Waals surface area contributed by atoms with Crippen LogP contribution in [-0.4, -0.2) is 17.7 Å². The molecule has 1 N–H and O–H groups in total. The molecule has 0 bridgehead atoms. The highest BCUT2D eigenvalue weighted by Gasteiger charge is 2.09. The van der Waals surface area contributed by atoms with E-state index in [4.69, 9.17) is 5.11 Å². The van der Waals surface area contributed by atoms with E-state index in [9.17, 15) is 9.59 Å². The molecule has 0 unspecified atom stereocenters. The molecule has 5 aromatic rings. The highest BCUT2D eigenvalue weighted by molar-refractivity contribution is 6.25. The van der Waals surface area contributed by atoms with E-state index in [1.807, 2.05) is 18.2 Å². The van der Waals surface area contributed by atoms with E-state index in [1.165, 1.54) is 33.0 Å². The van der Waals surface area contributed by atoms with Gasteiger partial charge in [-0.1, -0.05) is 66.7 Å². The second-order valence-electron chi connectivity index (χ2n) is 6.31. The summed E-state index contributed by atoms with van der Waals surface area (Å²) in [4.78, 5) is 21.2. The number of hydrogen-bond donors (Lipinski definition) is 1. The lowest BCUT2D eigenvalue weighted by Crippen LogP contribution is -1.87. The molecule has 0 atom stereocenters. The second kappa shape index (κ2) is 6.89. The normalized spacial score (nSPS) is 10.7. The second-order valence-corrected chi connectivity index (χ2v) is 6.31. The van der Waals surface area contributed by atoms with Crippen LogP contribution in [0.4, 0.5) is 0 Å². The van der Waals surface area contributed by atoms with E-state index in [0.29, 0.717) is 11.8 Å². The van der Waals surface area contributed by atoms with Gasteiger partial charge in [0.2, 0.25) is 0 Å². The van der Waals surface area contributed by atoms with Gasteiger partial charge in [-0.2, -0.15) is 0 Å². The molecule has 3 heteroatoms. The predicted octanol–water partition coefficient (Wildman–Crippen LogP) is 5.60. The fourth-order valence-electron chi connectivity index (χ4n) is 3.45. The van der Waals surface area contributed by atoms with Crippen molar-refractivity contribution >= 4 is 44.9 Å². The van der Waals surface area contributed by atoms with Crippen molar-refractivity contribution in [2.24, 2.45) is 0 Å². The third kappa shape index (κ3) is 2.89. The van der Waals surface area contributed by atoms with Gasteiger partial charge in [-0.15, -0.1) is 0 Å². The Bertz CT molecular complexity index is 1260. The van der Waals surface area contributed by atoms with Gasteiger partial charge < -0.3 is 5.11 Å². The van der Waals surface area contributed by atoms with Crippen LogP contribution in [0.25, 0.3) is 32.3 Å². The van der Waals surface area contributed by atoms with E-state index in [-0.39, 0.29) is 5.75 Å². The molecule has 0 aliphatic heterocycles. The van der Waals surface area contributed by atoms with Crippen molar-refractivity contribution in [3.8, 4) is 5.75 Å². The third-order valence-corrected chi connectivity index (χ3v) is 4.75. The lowest BCUT2D eigenvalue weighted by atomic mass is 9.92. The number of para-hydroxylation sites is 1. The largest absolute Gasteiger partial charge is 0.507 e. The summed E-state index contributed by atoms with van der Waals surface area (Å²) in [6.07, 6.45) is 1.56. The lowest BCUT2D eigenvalue weighted by molar-refractivity contribution is 0.111. The monoisotopic (exact) mass is 352 g/mol. The van der Waals surface area contributed by atoms with Gasteiger partial charge in [0.15, 0.2) is 12.6 Å². The van der Waals surface area contributed by atoms with E-state index in [1.54, 1.807) is 18.2 Å². The van der Waals surface area contributed by atoms with E-state index >= 15 is 0 Å². The van der Waals surface area contributed by atoms with Gasteiger partial charge in [0, 0.05) is 5.56 Å². The number of carbonyl (C=O) groups excluding carboxylic acids is 2. The average Bonchev–Trinajstić information content (AvgIpc) is 2.73. The summed E-state index contributed by atoms with van der Waals surface area (Å²) in [7, 11) is 0. The summed E-state index contributed by atoms with van der Waals surface area (Å²) in [6.45, 7) is 0. The first-order valence-electron chi connectivity index (χ1n) is 8.58. The van der Waals surface area contributed by atoms with Crippen molar-refractivity contribution in [3.05, 3.63) is 90.0 Å². The Morgan fingerprint density at radius 3 is 1.78 bits per heavy atom. The van der Waals surface area contributed by atoms with Crippen molar-refractivity contribution in [1.29, 1.82) is 0 Å². The van der Waals surface area contributed by atoms with Crippen LogP contribution in [-0.2, 0) is 0 Å². The molecule has 130 valence electrons. The molecule has 0 amide bonds. The number of phenols is 1. The predicted molar refractivity (Wildman–Crippen MR) is 109 cm³/mol. The van der Waals surface area contributed by atoms with Crippen LogP contribution in [0, 0.1) is 0 Å². The van der Waals surface area contributed by atoms with Crippen molar-refractivity contribution in [2.75, 3.05) is 0 Å². The molecule has 0 aliphatic rings. The van der Waals surface area contributed by atoms with Crippen molar-refractivity contribution in [1.82, 2.24) is 0 Å². The number of aldehydes is 2. The molecular formula is C24H16O3. The summed E-state index contributed by atoms with van der Waals surface area (Å²) in [6, 6.07) is 25.0. The minimum atomic E-state index is 0.0347. The van der Waals surface area contributed by atoms with Gasteiger partial charge in [0.05, 0.1) is 5.56 Å². The molecule has 3 nitrogen and oxygen atoms in total. The van der Waals surface area contributed by atoms with Crippen LogP contribution < -0.4 is 0 Å². The minimum absolute atomic E-state index is 0.0347. The van der Waals surface area contributed by atoms with Gasteiger partial charge in [0.1, 0.15) is 5.75 Å². The van der Waals surface area contributed by atoms with Gasteiger partial charge in [-0.25, -0.2) is 0 Å². The summed E-state index contributed by atoms with van der Waals surface area (Å²) >= 11 is 0. The summed E-state index contributed by atoms with van der Waals surface area (Å²) < 4.78 is 0. The number of phenolic OH excluding ortho intramolecular Hbond substituents is 1. The number of rotatable bonds is 2. The molecule has 0 aliphatic carbocycles. The first-order valence-corrected chi connectivity index (χ1v) is 8.58. The standard InChI is InChI=1S/C17H10O.C7H6O2/c18-10-14-7-6-13-5-4-11-2-1-3-12-8-9-15(14)17(13)16(11)12;8-5-6-3-1-2-4-7(6)9/h1-10H;1-5,9H. The van der Waals surface area contributed by atoms with Crippen LogP contribution in [0.15, 0.2) is 78.9 Å². The van der Waals surface area contributed by atoms with Gasteiger partial charge in [0.25, 0.3) is 0 Å². The van der Waals surface area contributed by atoms with Gasteiger partial charge in [-0.05, 0) is 44.5 Å². The number of hydrogen-bond acceptors (Lipinski definition) is 3. The topological polar surface area (TPSA) is 54.4 Å². The first kappa shape index (κ1) is 16.7. The van der Waals surface area contributed by atoms with Crippen molar-refractivity contribution in [2.45, 2.75) is 0 Å². The molecule has 0 saturated carbocycles. The lowest BCUT2D eigenvalue weighted by Gasteiger charge is -2.11. The molecule has 0 aromatic heterocycles. The third-order valence-electron chi connectivity index (χ3n) is 4.75. The van der Waals surface area contributed by atoms with Gasteiger partial charge in [-0.3, -0.25) is 9.59 Å². The maximum absolute atomic E-state index is 11.2. The Hall–Kier alpha value is -3.72. The Labute approximate surface area is 155 Å². The Balaban J connectivity index is 0.000000170. The van der Waals surface area contributed by atoms with Crippen LogP contribution in [0.2, 0.25) is 0 Å². The van der Waals surface area contributed by atoms with E-state index < -0.39 is 0 Å². The Morgan fingerprint density at radius 1 is 0.556 bits per heavy atom. The van der Waals surface area contributed by atoms with Crippen LogP contribution in [0.1, 0.15) is 20.7 Å². The fourth-order valence-corrected chi connectivity index (χ4v) is 3.45. The highest BCUT2D eigenvalue weighted by atomic mass is 16.3. The highest BCUT2D eigenvalue weighted by Crippen LogP contribution is 2.35. The smallest absolute Gasteiger partial charge is 0.153 e. The SMILES string of the molecule is O=Cc1ccc2ccc3cccc4ccc1c2c34.O=Cc1ccccc1O.